The van der Waals surface area contributed by atoms with Gasteiger partial charge in [-0.05, 0) is 80.1 Å². The third-order valence-corrected chi connectivity index (χ3v) is 17.3. The van der Waals surface area contributed by atoms with Gasteiger partial charge in [0.1, 0.15) is 17.5 Å². The Labute approximate surface area is 545 Å². The zero-order chi connectivity index (χ0) is 64.9. The lowest BCUT2D eigenvalue weighted by Gasteiger charge is -2.33. The van der Waals surface area contributed by atoms with Gasteiger partial charge in [0.25, 0.3) is 0 Å². The van der Waals surface area contributed by atoms with Crippen molar-refractivity contribution in [3.05, 3.63) is 166 Å². The number of hydrogen-bond acceptors (Lipinski definition) is 19. The summed E-state index contributed by atoms with van der Waals surface area (Å²) in [5.74, 6) is 4.57. The molecular weight excluding hydrogens is 1180 g/mol. The summed E-state index contributed by atoms with van der Waals surface area (Å²) in [5.41, 5.74) is 26.6. The SMILES string of the molecule is Cn1cc(-c2cccc(-c3ncc(-c4cnn(C)c4)c(N4CCC(N)CC4)n3)c2)cn1.Cn1cc(-c2cccc(-c3ncc(-c4cnn(C)c4)c(N4CC[C@@H](N)C4)n3)c2)cn1.Cn1cc(-c2cccc(-c3ncc(-c4cnn(C)c4)c(NCC4(O)CCNCC4)n3)c2)cn1. The largest absolute Gasteiger partial charge is 0.388 e. The van der Waals surface area contributed by atoms with E-state index in [1.54, 1.807) is 34.3 Å². The first kappa shape index (κ1) is 62.2. The highest BCUT2D eigenvalue weighted by atomic mass is 16.3. The van der Waals surface area contributed by atoms with E-state index in [0.29, 0.717) is 42.7 Å². The number of aryl methyl sites for hydroxylation is 6. The van der Waals surface area contributed by atoms with Gasteiger partial charge in [-0.1, -0.05) is 54.6 Å². The quantitative estimate of drug-likeness (QED) is 0.0693. The van der Waals surface area contributed by atoms with Crippen LogP contribution in [-0.4, -0.2) is 157 Å². The molecule has 12 heterocycles. The molecule has 12 aromatic rings. The van der Waals surface area contributed by atoms with Gasteiger partial charge in [-0.3, -0.25) is 28.1 Å². The highest BCUT2D eigenvalue weighted by Crippen LogP contribution is 2.37. The Bertz CT molecular complexity index is 4550. The van der Waals surface area contributed by atoms with Gasteiger partial charge in [0.05, 0.1) is 42.8 Å². The molecule has 9 aromatic heterocycles. The molecule has 480 valence electrons. The number of hydrogen-bond donors (Lipinski definition) is 5. The van der Waals surface area contributed by atoms with E-state index in [1.807, 2.05) is 159 Å². The predicted octanol–water partition coefficient (Wildman–Crippen LogP) is 7.83. The summed E-state index contributed by atoms with van der Waals surface area (Å²) in [6.07, 6.45) is 32.9. The number of nitrogens with zero attached hydrogens (tertiary/aromatic N) is 20. The normalized spacial score (nSPS) is 15.6. The second-order valence-corrected chi connectivity index (χ2v) is 24.6. The van der Waals surface area contributed by atoms with E-state index in [2.05, 4.69) is 98.5 Å². The number of anilines is 3. The molecule has 0 spiro atoms. The summed E-state index contributed by atoms with van der Waals surface area (Å²) < 4.78 is 10.7. The number of piperidine rings is 2. The Morgan fingerprint density at radius 2 is 0.787 bits per heavy atom. The molecule has 25 nitrogen and oxygen atoms in total. The molecule has 0 saturated carbocycles. The molecule has 0 bridgehead atoms. The van der Waals surface area contributed by atoms with Crippen LogP contribution in [0.1, 0.15) is 32.1 Å². The van der Waals surface area contributed by atoms with Gasteiger partial charge in [-0.2, -0.15) is 30.6 Å². The zero-order valence-corrected chi connectivity index (χ0v) is 53.8. The Kier molecular flexibility index (Phi) is 18.1. The average molecular weight is 1260 g/mol. The third-order valence-electron chi connectivity index (χ3n) is 17.3. The van der Waals surface area contributed by atoms with Gasteiger partial charge < -0.3 is 37.0 Å². The first-order valence-electron chi connectivity index (χ1n) is 31.7. The lowest BCUT2D eigenvalue weighted by Crippen LogP contribution is -2.46. The third kappa shape index (κ3) is 14.4. The molecular formula is C69H78N24O. The van der Waals surface area contributed by atoms with Crippen LogP contribution in [0, 0.1) is 0 Å². The number of aliphatic hydroxyl groups is 1. The maximum Gasteiger partial charge on any atom is 0.161 e. The van der Waals surface area contributed by atoms with Gasteiger partial charge in [-0.25, -0.2) is 29.9 Å². The second kappa shape index (κ2) is 27.3. The number of rotatable bonds is 14. The molecule has 3 fully saturated rings. The number of benzene rings is 3. The molecule has 0 radical (unpaired) electrons. The zero-order valence-electron chi connectivity index (χ0n) is 53.8. The van der Waals surface area contributed by atoms with Crippen LogP contribution in [-0.2, 0) is 42.3 Å². The monoisotopic (exact) mass is 1260 g/mol. The van der Waals surface area contributed by atoms with Gasteiger partial charge in [0, 0.05) is 210 Å². The number of nitrogens with one attached hydrogen (secondary N) is 2. The Hall–Kier alpha value is -10.6. The van der Waals surface area contributed by atoms with E-state index in [-0.39, 0.29) is 12.1 Å². The fraction of sp³-hybridized carbons (Fsp3) is 0.304. The van der Waals surface area contributed by atoms with E-state index in [9.17, 15) is 5.11 Å². The molecule has 3 saturated heterocycles. The molecule has 1 atom stereocenters. The van der Waals surface area contributed by atoms with E-state index >= 15 is 0 Å². The Morgan fingerprint density at radius 1 is 0.436 bits per heavy atom. The predicted molar refractivity (Wildman–Crippen MR) is 365 cm³/mol. The summed E-state index contributed by atoms with van der Waals surface area (Å²) >= 11 is 0. The first-order chi connectivity index (χ1) is 45.6. The van der Waals surface area contributed by atoms with E-state index in [1.165, 1.54) is 0 Å². The molecule has 3 aromatic carbocycles. The molecule has 94 heavy (non-hydrogen) atoms. The summed E-state index contributed by atoms with van der Waals surface area (Å²) in [4.78, 5) is 33.6. The molecule has 25 heteroatoms. The van der Waals surface area contributed by atoms with E-state index < -0.39 is 5.60 Å². The van der Waals surface area contributed by atoms with Gasteiger partial charge in [-0.15, -0.1) is 0 Å². The highest BCUT2D eigenvalue weighted by molar-refractivity contribution is 5.80. The summed E-state index contributed by atoms with van der Waals surface area (Å²) in [5, 5.41) is 43.5. The van der Waals surface area contributed by atoms with Crippen LogP contribution in [0.5, 0.6) is 0 Å². The van der Waals surface area contributed by atoms with Crippen LogP contribution >= 0.6 is 0 Å². The van der Waals surface area contributed by atoms with Crippen molar-refractivity contribution in [3.63, 3.8) is 0 Å². The van der Waals surface area contributed by atoms with Crippen molar-refractivity contribution in [2.45, 2.75) is 49.8 Å². The van der Waals surface area contributed by atoms with Crippen molar-refractivity contribution in [2.24, 2.45) is 53.8 Å². The topological polar surface area (TPSA) is 287 Å². The van der Waals surface area contributed by atoms with Crippen molar-refractivity contribution in [2.75, 3.05) is 60.9 Å². The summed E-state index contributed by atoms with van der Waals surface area (Å²) in [6, 6.07) is 25.1. The molecule has 0 amide bonds. The van der Waals surface area contributed by atoms with Crippen molar-refractivity contribution < 1.29 is 5.11 Å². The molecule has 0 unspecified atom stereocenters. The molecule has 7 N–H and O–H groups in total. The average Bonchev–Trinajstić information content (AvgIpc) is 1.30. The van der Waals surface area contributed by atoms with Crippen LogP contribution in [0.2, 0.25) is 0 Å². The van der Waals surface area contributed by atoms with Crippen LogP contribution in [0.25, 0.3) is 101 Å². The van der Waals surface area contributed by atoms with Crippen LogP contribution in [0.4, 0.5) is 17.5 Å². The van der Waals surface area contributed by atoms with Gasteiger partial charge in [0.15, 0.2) is 17.5 Å². The molecule has 15 rings (SSSR count). The maximum atomic E-state index is 11.0. The van der Waals surface area contributed by atoms with Crippen LogP contribution < -0.4 is 31.9 Å². The van der Waals surface area contributed by atoms with Crippen molar-refractivity contribution >= 4 is 17.5 Å². The lowest BCUT2D eigenvalue weighted by molar-refractivity contribution is 0.0231. The Balaban J connectivity index is 0.000000128. The highest BCUT2D eigenvalue weighted by Gasteiger charge is 2.30. The van der Waals surface area contributed by atoms with E-state index in [0.717, 1.165) is 154 Å². The Morgan fingerprint density at radius 3 is 1.18 bits per heavy atom. The summed E-state index contributed by atoms with van der Waals surface area (Å²) in [7, 11) is 11.5. The number of nitrogens with two attached hydrogens (primary N) is 2. The van der Waals surface area contributed by atoms with Crippen molar-refractivity contribution in [1.82, 2.24) is 93.9 Å². The second-order valence-electron chi connectivity index (χ2n) is 24.6. The van der Waals surface area contributed by atoms with Crippen molar-refractivity contribution in [1.29, 1.82) is 0 Å². The fourth-order valence-electron chi connectivity index (χ4n) is 12.1. The molecule has 0 aliphatic carbocycles. The van der Waals surface area contributed by atoms with Gasteiger partial charge >= 0.3 is 0 Å². The minimum absolute atomic E-state index is 0.166. The maximum absolute atomic E-state index is 11.0. The van der Waals surface area contributed by atoms with Gasteiger partial charge in [0.2, 0.25) is 0 Å². The molecule has 3 aliphatic heterocycles. The smallest absolute Gasteiger partial charge is 0.161 e. The minimum Gasteiger partial charge on any atom is -0.388 e. The standard InChI is InChI=1S/C24H28N8O.C23H26N8.C22H24N8/c1-31-14-19(11-28-31)17-4-3-5-18(10-17)22-26-13-21(20-12-29-32(2)15-20)23(30-22)27-16-24(33)6-8-25-9-7-24;1-29-14-18(11-26-29)16-4-3-5-17(10-16)22-25-13-21(19-12-27-30(2)15-19)23(28-22)31-8-6-20(24)7-9-31;1-28-12-17(9-25-28)15-4-3-5-16(8-15)21-24-11-20(18-10-26-29(2)13-18)22(27-21)30-7-6-19(23)14-30/h3-5,10-15,25,33H,6-9,16H2,1-2H3,(H,26,27,30);3-5,10-15,20H,6-9,24H2,1-2H3;3-5,8-13,19H,6-7,14,23H2,1-2H3/t;;19-/m..1/s1. The first-order valence-corrected chi connectivity index (χ1v) is 31.7. The fourth-order valence-corrected chi connectivity index (χ4v) is 12.1. The molecule has 3 aliphatic rings. The van der Waals surface area contributed by atoms with Crippen LogP contribution in [0.3, 0.4) is 0 Å². The van der Waals surface area contributed by atoms with Crippen molar-refractivity contribution in [3.8, 4) is 101 Å². The minimum atomic E-state index is -0.761. The lowest BCUT2D eigenvalue weighted by atomic mass is 9.92. The summed E-state index contributed by atoms with van der Waals surface area (Å²) in [6.45, 7) is 5.50. The van der Waals surface area contributed by atoms with Crippen LogP contribution in [0.15, 0.2) is 166 Å². The number of aromatic nitrogens is 18. The van der Waals surface area contributed by atoms with E-state index in [4.69, 9.17) is 36.4 Å².